The number of quaternary nitrogens is 1. The first-order chi connectivity index (χ1) is 10.1. The van der Waals surface area contributed by atoms with Gasteiger partial charge in [-0.15, -0.1) is 0 Å². The Labute approximate surface area is 125 Å². The molecule has 1 aromatic rings. The molecule has 3 aliphatic rings. The number of carbonyl (C=O) groups is 2. The molecule has 0 unspecified atom stereocenters. The van der Waals surface area contributed by atoms with Crippen molar-refractivity contribution >= 4 is 17.4 Å². The summed E-state index contributed by atoms with van der Waals surface area (Å²) in [6.07, 6.45) is 0. The second kappa shape index (κ2) is 5.58. The number of carbonyl (C=O) groups excluding carboxylic acids is 2. The summed E-state index contributed by atoms with van der Waals surface area (Å²) in [4.78, 5) is 26.2. The molecule has 3 saturated heterocycles. The number of rotatable bonds is 4. The van der Waals surface area contributed by atoms with Gasteiger partial charge in [0.05, 0.1) is 19.6 Å². The first-order valence-corrected chi connectivity index (χ1v) is 7.55. The van der Waals surface area contributed by atoms with Gasteiger partial charge in [0, 0.05) is 30.9 Å². The van der Waals surface area contributed by atoms with Crippen molar-refractivity contribution in [2.75, 3.05) is 51.1 Å². The Kier molecular flexibility index (Phi) is 3.78. The molecule has 2 bridgehead atoms. The van der Waals surface area contributed by atoms with Gasteiger partial charge in [-0.3, -0.25) is 14.5 Å². The Morgan fingerprint density at radius 1 is 1.19 bits per heavy atom. The van der Waals surface area contributed by atoms with Crippen molar-refractivity contribution < 1.29 is 14.1 Å². The summed E-state index contributed by atoms with van der Waals surface area (Å²) in [6.45, 7) is 8.60. The van der Waals surface area contributed by atoms with E-state index >= 15 is 0 Å². The van der Waals surface area contributed by atoms with Gasteiger partial charge in [-0.25, -0.2) is 0 Å². The Hall–Kier alpha value is -1.72. The van der Waals surface area contributed by atoms with Gasteiger partial charge in [0.25, 0.3) is 5.91 Å². The molecule has 1 aromatic carbocycles. The zero-order chi connectivity index (χ0) is 14.9. The maximum Gasteiger partial charge on any atom is 0.279 e. The van der Waals surface area contributed by atoms with Gasteiger partial charge in [0.1, 0.15) is 0 Å². The molecule has 0 saturated carbocycles. The highest BCUT2D eigenvalue weighted by Gasteiger charge is 2.39. The fourth-order valence-electron chi connectivity index (χ4n) is 3.29. The number of ketones is 1. The molecular formula is C16H22N3O2+. The molecule has 3 aliphatic heterocycles. The first-order valence-electron chi connectivity index (χ1n) is 7.55. The number of hydrogen-bond donors (Lipinski definition) is 1. The van der Waals surface area contributed by atoms with Crippen LogP contribution in [0.2, 0.25) is 0 Å². The number of amides is 1. The number of Topliss-reactive ketones (excluding diaryl/α,β-unsaturated/α-hetero) is 1. The van der Waals surface area contributed by atoms with Crippen LogP contribution in [0.1, 0.15) is 17.3 Å². The van der Waals surface area contributed by atoms with E-state index in [-0.39, 0.29) is 11.7 Å². The van der Waals surface area contributed by atoms with Gasteiger partial charge < -0.3 is 9.80 Å². The van der Waals surface area contributed by atoms with Gasteiger partial charge in [-0.05, 0) is 19.1 Å². The highest BCUT2D eigenvalue weighted by atomic mass is 16.2. The van der Waals surface area contributed by atoms with Gasteiger partial charge in [-0.2, -0.15) is 0 Å². The van der Waals surface area contributed by atoms with Crippen molar-refractivity contribution in [2.45, 2.75) is 6.92 Å². The predicted octanol–water partition coefficient (Wildman–Crippen LogP) is 0.974. The van der Waals surface area contributed by atoms with Crippen LogP contribution in [-0.4, -0.2) is 66.9 Å². The number of nitrogens with one attached hydrogen (secondary N) is 1. The number of anilines is 1. The molecule has 112 valence electrons. The average molecular weight is 288 g/mol. The summed E-state index contributed by atoms with van der Waals surface area (Å²) in [5, 5.41) is 2.94. The topological polar surface area (TPSA) is 49.4 Å². The summed E-state index contributed by atoms with van der Waals surface area (Å²) < 4.78 is 0.911. The normalized spacial score (nSPS) is 27.4. The minimum atomic E-state index is 0.0140. The number of fused-ring (bicyclic) bond motifs is 3. The van der Waals surface area contributed by atoms with E-state index in [4.69, 9.17) is 0 Å². The van der Waals surface area contributed by atoms with E-state index < -0.39 is 0 Å². The van der Waals surface area contributed by atoms with Gasteiger partial charge >= 0.3 is 0 Å². The Bertz CT molecular complexity index is 549. The van der Waals surface area contributed by atoms with Crippen LogP contribution in [0.5, 0.6) is 0 Å². The second-order valence-corrected chi connectivity index (χ2v) is 6.20. The minimum Gasteiger partial charge on any atom is -0.321 e. The lowest BCUT2D eigenvalue weighted by Crippen LogP contribution is -2.68. The Morgan fingerprint density at radius 2 is 1.86 bits per heavy atom. The van der Waals surface area contributed by atoms with Crippen LogP contribution in [0.4, 0.5) is 5.69 Å². The molecule has 0 aliphatic carbocycles. The summed E-state index contributed by atoms with van der Waals surface area (Å²) in [6, 6.07) is 7.15. The van der Waals surface area contributed by atoms with Crippen LogP contribution < -0.4 is 5.32 Å². The molecule has 0 aromatic heterocycles. The molecule has 5 nitrogen and oxygen atoms in total. The molecule has 1 amide bonds. The second-order valence-electron chi connectivity index (χ2n) is 6.20. The molecule has 0 atom stereocenters. The van der Waals surface area contributed by atoms with Crippen LogP contribution in [0.3, 0.4) is 0 Å². The number of nitrogens with zero attached hydrogens (tertiary/aromatic N) is 2. The lowest BCUT2D eigenvalue weighted by Gasteiger charge is -2.50. The van der Waals surface area contributed by atoms with Crippen LogP contribution in [0.25, 0.3) is 0 Å². The smallest absolute Gasteiger partial charge is 0.279 e. The highest BCUT2D eigenvalue weighted by molar-refractivity contribution is 5.97. The third kappa shape index (κ3) is 3.14. The number of hydrogen-bond acceptors (Lipinski definition) is 3. The van der Waals surface area contributed by atoms with Crippen LogP contribution >= 0.6 is 0 Å². The summed E-state index contributed by atoms with van der Waals surface area (Å²) in [5.41, 5.74) is 1.34. The quantitative estimate of drug-likeness (QED) is 0.663. The van der Waals surface area contributed by atoms with E-state index in [1.54, 1.807) is 18.2 Å². The predicted molar refractivity (Wildman–Crippen MR) is 81.2 cm³/mol. The zero-order valence-electron chi connectivity index (χ0n) is 12.5. The third-order valence-electron chi connectivity index (χ3n) is 4.70. The molecule has 0 radical (unpaired) electrons. The molecule has 5 heteroatoms. The standard InChI is InChI=1S/C16H21N3O2/c1-13(20)14-3-2-4-15(11-14)17-16(21)12-19-8-5-18(6-9-19)7-10-19/h2-4,11H,5-10,12H2,1H3/p+1. The van der Waals surface area contributed by atoms with E-state index in [2.05, 4.69) is 10.2 Å². The lowest BCUT2D eigenvalue weighted by molar-refractivity contribution is -0.933. The van der Waals surface area contributed by atoms with E-state index in [9.17, 15) is 9.59 Å². The SMILES string of the molecule is CC(=O)c1cccc(NC(=O)C[N+]23CCN(CC2)CC3)c1. The first kappa shape index (κ1) is 14.2. The monoisotopic (exact) mass is 288 g/mol. The van der Waals surface area contributed by atoms with Crippen molar-refractivity contribution in [1.82, 2.24) is 4.90 Å². The maximum absolute atomic E-state index is 12.3. The Morgan fingerprint density at radius 3 is 2.48 bits per heavy atom. The molecule has 3 heterocycles. The molecule has 21 heavy (non-hydrogen) atoms. The fraction of sp³-hybridized carbons (Fsp3) is 0.500. The fourth-order valence-corrected chi connectivity index (χ4v) is 3.29. The van der Waals surface area contributed by atoms with Crippen LogP contribution in [-0.2, 0) is 4.79 Å². The van der Waals surface area contributed by atoms with Crippen molar-refractivity contribution in [2.24, 2.45) is 0 Å². The zero-order valence-corrected chi connectivity index (χ0v) is 12.5. The van der Waals surface area contributed by atoms with Gasteiger partial charge in [-0.1, -0.05) is 12.1 Å². The summed E-state index contributed by atoms with van der Waals surface area (Å²) in [7, 11) is 0. The van der Waals surface area contributed by atoms with Crippen molar-refractivity contribution in [3.8, 4) is 0 Å². The minimum absolute atomic E-state index is 0.0140. The molecule has 1 N–H and O–H groups in total. The lowest BCUT2D eigenvalue weighted by atomic mass is 10.1. The maximum atomic E-state index is 12.3. The highest BCUT2D eigenvalue weighted by Crippen LogP contribution is 2.19. The Balaban J connectivity index is 1.64. The van der Waals surface area contributed by atoms with Crippen molar-refractivity contribution in [1.29, 1.82) is 0 Å². The van der Waals surface area contributed by atoms with Crippen molar-refractivity contribution in [3.63, 3.8) is 0 Å². The van der Waals surface area contributed by atoms with E-state index in [1.807, 2.05) is 6.07 Å². The summed E-state index contributed by atoms with van der Waals surface area (Å²) in [5.74, 6) is 0.0613. The summed E-state index contributed by atoms with van der Waals surface area (Å²) >= 11 is 0. The molecular weight excluding hydrogens is 266 g/mol. The van der Waals surface area contributed by atoms with Crippen LogP contribution in [0.15, 0.2) is 24.3 Å². The number of benzene rings is 1. The van der Waals surface area contributed by atoms with Crippen molar-refractivity contribution in [3.05, 3.63) is 29.8 Å². The van der Waals surface area contributed by atoms with Crippen LogP contribution in [0, 0.1) is 0 Å². The molecule has 4 rings (SSSR count). The average Bonchev–Trinajstić information content (AvgIpc) is 2.48. The van der Waals surface area contributed by atoms with Gasteiger partial charge in [0.15, 0.2) is 12.3 Å². The third-order valence-corrected chi connectivity index (χ3v) is 4.70. The largest absolute Gasteiger partial charge is 0.321 e. The van der Waals surface area contributed by atoms with E-state index in [0.29, 0.717) is 17.8 Å². The molecule has 0 spiro atoms. The van der Waals surface area contributed by atoms with E-state index in [1.165, 1.54) is 6.92 Å². The van der Waals surface area contributed by atoms with E-state index in [0.717, 1.165) is 43.8 Å². The number of piperazine rings is 3. The van der Waals surface area contributed by atoms with Gasteiger partial charge in [0.2, 0.25) is 0 Å². The molecule has 3 fully saturated rings.